The summed E-state index contributed by atoms with van der Waals surface area (Å²) in [6.07, 6.45) is 1.87. The van der Waals surface area contributed by atoms with Crippen molar-refractivity contribution in [3.63, 3.8) is 0 Å². The molecule has 13 heavy (non-hydrogen) atoms. The van der Waals surface area contributed by atoms with Gasteiger partial charge in [0.1, 0.15) is 5.76 Å². The lowest BCUT2D eigenvalue weighted by atomic mass is 10.0. The summed E-state index contributed by atoms with van der Waals surface area (Å²) in [5, 5.41) is 12.1. The Morgan fingerprint density at radius 2 is 2.23 bits per heavy atom. The third-order valence-electron chi connectivity index (χ3n) is 2.14. The molecule has 0 radical (unpaired) electrons. The van der Waals surface area contributed by atoms with Crippen LogP contribution in [-0.2, 0) is 0 Å². The zero-order chi connectivity index (χ0) is 9.84. The standard InChI is InChI=1S/C9H13NO3/c1-3-6(4-2)8-5-7(9(11)12)10-13-8/h5-6H,3-4H2,1-2H3,(H,11,12). The minimum Gasteiger partial charge on any atom is -0.476 e. The van der Waals surface area contributed by atoms with Crippen LogP contribution in [0.3, 0.4) is 0 Å². The van der Waals surface area contributed by atoms with E-state index in [4.69, 9.17) is 9.63 Å². The fraction of sp³-hybridized carbons (Fsp3) is 0.556. The lowest BCUT2D eigenvalue weighted by Crippen LogP contribution is -1.95. The number of rotatable bonds is 4. The number of carboxylic acid groups (broad SMARTS) is 1. The first-order valence-electron chi connectivity index (χ1n) is 4.38. The second-order valence-corrected chi connectivity index (χ2v) is 2.93. The highest BCUT2D eigenvalue weighted by Crippen LogP contribution is 2.23. The molecule has 0 amide bonds. The van der Waals surface area contributed by atoms with E-state index in [9.17, 15) is 4.79 Å². The Morgan fingerprint density at radius 1 is 1.62 bits per heavy atom. The largest absolute Gasteiger partial charge is 0.476 e. The Morgan fingerprint density at radius 3 is 2.62 bits per heavy atom. The molecule has 0 unspecified atom stereocenters. The first kappa shape index (κ1) is 9.77. The highest BCUT2D eigenvalue weighted by Gasteiger charge is 2.16. The predicted molar refractivity (Wildman–Crippen MR) is 46.8 cm³/mol. The molecule has 0 bridgehead atoms. The Bertz CT molecular complexity index is 289. The van der Waals surface area contributed by atoms with E-state index in [1.165, 1.54) is 6.07 Å². The van der Waals surface area contributed by atoms with E-state index >= 15 is 0 Å². The monoisotopic (exact) mass is 183 g/mol. The molecule has 0 fully saturated rings. The topological polar surface area (TPSA) is 63.3 Å². The molecule has 0 saturated heterocycles. The summed E-state index contributed by atoms with van der Waals surface area (Å²) >= 11 is 0. The van der Waals surface area contributed by atoms with Crippen LogP contribution < -0.4 is 0 Å². The maximum atomic E-state index is 10.5. The van der Waals surface area contributed by atoms with Crippen molar-refractivity contribution in [1.82, 2.24) is 5.16 Å². The van der Waals surface area contributed by atoms with E-state index in [1.807, 2.05) is 13.8 Å². The third-order valence-corrected chi connectivity index (χ3v) is 2.14. The van der Waals surface area contributed by atoms with Gasteiger partial charge in [0.15, 0.2) is 5.69 Å². The average Bonchev–Trinajstić information content (AvgIpc) is 2.56. The Labute approximate surface area is 76.5 Å². The summed E-state index contributed by atoms with van der Waals surface area (Å²) in [7, 11) is 0. The van der Waals surface area contributed by atoms with Crippen molar-refractivity contribution < 1.29 is 14.4 Å². The predicted octanol–water partition coefficient (Wildman–Crippen LogP) is 2.28. The summed E-state index contributed by atoms with van der Waals surface area (Å²) < 4.78 is 4.94. The zero-order valence-electron chi connectivity index (χ0n) is 7.78. The highest BCUT2D eigenvalue weighted by atomic mass is 16.5. The highest BCUT2D eigenvalue weighted by molar-refractivity contribution is 5.85. The minimum atomic E-state index is -1.04. The van der Waals surface area contributed by atoms with Crippen LogP contribution in [0.15, 0.2) is 10.6 Å². The van der Waals surface area contributed by atoms with Crippen LogP contribution in [0.2, 0.25) is 0 Å². The number of hydrogen-bond acceptors (Lipinski definition) is 3. The van der Waals surface area contributed by atoms with Crippen molar-refractivity contribution >= 4 is 5.97 Å². The van der Waals surface area contributed by atoms with Gasteiger partial charge in [-0.2, -0.15) is 0 Å². The second-order valence-electron chi connectivity index (χ2n) is 2.93. The zero-order valence-corrected chi connectivity index (χ0v) is 7.78. The normalized spacial score (nSPS) is 10.7. The molecule has 0 aliphatic carbocycles. The molecular weight excluding hydrogens is 170 g/mol. The number of aromatic carboxylic acids is 1. The molecule has 1 rings (SSSR count). The first-order valence-corrected chi connectivity index (χ1v) is 4.38. The summed E-state index contributed by atoms with van der Waals surface area (Å²) in [5.41, 5.74) is -0.0121. The van der Waals surface area contributed by atoms with Gasteiger partial charge in [0.25, 0.3) is 0 Å². The molecule has 1 heterocycles. The molecule has 72 valence electrons. The van der Waals surface area contributed by atoms with Crippen LogP contribution in [0.25, 0.3) is 0 Å². The van der Waals surface area contributed by atoms with E-state index < -0.39 is 5.97 Å². The van der Waals surface area contributed by atoms with Crippen molar-refractivity contribution in [3.05, 3.63) is 17.5 Å². The van der Waals surface area contributed by atoms with Crippen LogP contribution in [0.5, 0.6) is 0 Å². The van der Waals surface area contributed by atoms with Crippen molar-refractivity contribution in [2.75, 3.05) is 0 Å². The fourth-order valence-electron chi connectivity index (χ4n) is 1.27. The number of carboxylic acids is 1. The minimum absolute atomic E-state index is 0.0121. The van der Waals surface area contributed by atoms with Crippen molar-refractivity contribution in [2.24, 2.45) is 0 Å². The van der Waals surface area contributed by atoms with Gasteiger partial charge in [-0.3, -0.25) is 0 Å². The quantitative estimate of drug-likeness (QED) is 0.777. The van der Waals surface area contributed by atoms with Crippen LogP contribution >= 0.6 is 0 Å². The van der Waals surface area contributed by atoms with E-state index in [-0.39, 0.29) is 11.6 Å². The Kier molecular flexibility index (Phi) is 3.06. The number of nitrogens with zero attached hydrogens (tertiary/aromatic N) is 1. The van der Waals surface area contributed by atoms with E-state index in [1.54, 1.807) is 0 Å². The van der Waals surface area contributed by atoms with Gasteiger partial charge in [0.2, 0.25) is 0 Å². The Hall–Kier alpha value is -1.32. The molecule has 0 aromatic carbocycles. The summed E-state index contributed by atoms with van der Waals surface area (Å²) in [6, 6.07) is 1.50. The van der Waals surface area contributed by atoms with Crippen molar-refractivity contribution in [1.29, 1.82) is 0 Å². The maximum absolute atomic E-state index is 10.5. The molecule has 1 N–H and O–H groups in total. The summed E-state index contributed by atoms with van der Waals surface area (Å²) in [5.74, 6) is -0.0936. The molecule has 4 heteroatoms. The van der Waals surface area contributed by atoms with E-state index in [0.29, 0.717) is 5.76 Å². The van der Waals surface area contributed by atoms with Gasteiger partial charge in [-0.05, 0) is 12.8 Å². The van der Waals surface area contributed by atoms with Gasteiger partial charge < -0.3 is 9.63 Å². The molecule has 4 nitrogen and oxygen atoms in total. The SMILES string of the molecule is CCC(CC)c1cc(C(=O)O)no1. The van der Waals surface area contributed by atoms with Gasteiger partial charge in [0, 0.05) is 12.0 Å². The summed E-state index contributed by atoms with van der Waals surface area (Å²) in [6.45, 7) is 4.08. The van der Waals surface area contributed by atoms with Crippen LogP contribution in [0, 0.1) is 0 Å². The third kappa shape index (κ3) is 2.08. The lowest BCUT2D eigenvalue weighted by molar-refractivity contribution is 0.0685. The first-order chi connectivity index (χ1) is 6.19. The van der Waals surface area contributed by atoms with E-state index in [2.05, 4.69) is 5.16 Å². The number of hydrogen-bond donors (Lipinski definition) is 1. The van der Waals surface area contributed by atoms with Crippen LogP contribution in [-0.4, -0.2) is 16.2 Å². The van der Waals surface area contributed by atoms with Gasteiger partial charge in [-0.1, -0.05) is 19.0 Å². The molecule has 1 aromatic heterocycles. The number of carbonyl (C=O) groups is 1. The molecule has 0 aliphatic heterocycles. The lowest BCUT2D eigenvalue weighted by Gasteiger charge is -2.05. The van der Waals surface area contributed by atoms with Gasteiger partial charge in [-0.25, -0.2) is 4.79 Å². The average molecular weight is 183 g/mol. The fourth-order valence-corrected chi connectivity index (χ4v) is 1.27. The van der Waals surface area contributed by atoms with Crippen LogP contribution in [0.1, 0.15) is 48.9 Å². The molecule has 0 spiro atoms. The number of aromatic nitrogens is 1. The van der Waals surface area contributed by atoms with Crippen molar-refractivity contribution in [3.8, 4) is 0 Å². The van der Waals surface area contributed by atoms with Crippen LogP contribution in [0.4, 0.5) is 0 Å². The second kappa shape index (κ2) is 4.07. The van der Waals surface area contributed by atoms with Gasteiger partial charge in [0.05, 0.1) is 0 Å². The van der Waals surface area contributed by atoms with Gasteiger partial charge >= 0.3 is 5.97 Å². The molecule has 0 aliphatic rings. The molecule has 0 saturated carbocycles. The van der Waals surface area contributed by atoms with E-state index in [0.717, 1.165) is 12.8 Å². The van der Waals surface area contributed by atoms with Crippen molar-refractivity contribution in [2.45, 2.75) is 32.6 Å². The maximum Gasteiger partial charge on any atom is 0.358 e. The van der Waals surface area contributed by atoms with Gasteiger partial charge in [-0.15, -0.1) is 0 Å². The Balaban J connectivity index is 2.84. The molecule has 1 aromatic rings. The molecule has 0 atom stereocenters. The molecular formula is C9H13NO3. The summed E-state index contributed by atoms with van der Waals surface area (Å²) in [4.78, 5) is 10.5. The smallest absolute Gasteiger partial charge is 0.358 e.